The second-order valence-electron chi connectivity index (χ2n) is 16.4. The largest absolute Gasteiger partial charge is 0.515 e. The summed E-state index contributed by atoms with van der Waals surface area (Å²) in [6, 6.07) is 0. The summed E-state index contributed by atoms with van der Waals surface area (Å²) in [6.07, 6.45) is 20.7. The van der Waals surface area contributed by atoms with E-state index >= 15 is 0 Å². The highest BCUT2D eigenvalue weighted by Gasteiger charge is 2.30. The molecule has 10 heteroatoms. The van der Waals surface area contributed by atoms with Crippen molar-refractivity contribution < 1.29 is 30.0 Å². The van der Waals surface area contributed by atoms with E-state index in [4.69, 9.17) is 15.0 Å². The summed E-state index contributed by atoms with van der Waals surface area (Å²) in [7, 11) is 0. The van der Waals surface area contributed by atoms with E-state index in [1.807, 2.05) is 32.9 Å². The van der Waals surface area contributed by atoms with E-state index < -0.39 is 18.0 Å². The van der Waals surface area contributed by atoms with Crippen molar-refractivity contribution in [1.82, 2.24) is 4.98 Å². The molecule has 10 nitrogen and oxygen atoms in total. The second kappa shape index (κ2) is 19.9. The van der Waals surface area contributed by atoms with Crippen molar-refractivity contribution in [1.29, 1.82) is 0 Å². The van der Waals surface area contributed by atoms with Crippen molar-refractivity contribution in [2.75, 3.05) is 0 Å². The Morgan fingerprint density at radius 3 is 2.12 bits per heavy atom. The molecule has 312 valence electrons. The molecule has 1 aromatic heterocycles. The highest BCUT2D eigenvalue weighted by Crippen LogP contribution is 2.38. The van der Waals surface area contributed by atoms with Gasteiger partial charge in [0, 0.05) is 40.2 Å². The Bertz CT molecular complexity index is 2380. The lowest BCUT2D eigenvalue weighted by Gasteiger charge is -2.16. The lowest BCUT2D eigenvalue weighted by molar-refractivity contribution is -0.137. The van der Waals surface area contributed by atoms with Gasteiger partial charge in [-0.3, -0.25) is 9.59 Å². The summed E-state index contributed by atoms with van der Waals surface area (Å²) in [5, 5.41) is 43.3. The van der Waals surface area contributed by atoms with Gasteiger partial charge in [-0.15, -0.1) is 0 Å². The van der Waals surface area contributed by atoms with Gasteiger partial charge in [0.15, 0.2) is 0 Å². The number of hydrogen-bond acceptors (Lipinski definition) is 7. The Morgan fingerprint density at radius 1 is 0.780 bits per heavy atom. The fourth-order valence-corrected chi connectivity index (χ4v) is 8.09. The molecule has 1 aromatic rings. The minimum Gasteiger partial charge on any atom is -0.515 e. The Labute approximate surface area is 348 Å². The molecule has 4 aliphatic heterocycles. The van der Waals surface area contributed by atoms with Crippen molar-refractivity contribution in [2.24, 2.45) is 20.9 Å². The van der Waals surface area contributed by atoms with E-state index in [1.54, 1.807) is 18.2 Å². The molecule has 0 aliphatic carbocycles. The topological polar surface area (TPSA) is 168 Å². The number of nitrogens with zero attached hydrogens (tertiary/aromatic N) is 3. The van der Waals surface area contributed by atoms with Crippen LogP contribution in [0.15, 0.2) is 114 Å². The van der Waals surface area contributed by atoms with Crippen LogP contribution in [0.5, 0.6) is 0 Å². The van der Waals surface area contributed by atoms with Crippen LogP contribution in [0.3, 0.4) is 0 Å². The van der Waals surface area contributed by atoms with Crippen LogP contribution in [0.2, 0.25) is 0 Å². The Hall–Kier alpha value is -5.61. The molecule has 2 atom stereocenters. The third-order valence-corrected chi connectivity index (χ3v) is 11.6. The number of nitrogens with one attached hydrogen (secondary N) is 1. The van der Waals surface area contributed by atoms with Crippen LogP contribution in [-0.4, -0.2) is 60.6 Å². The van der Waals surface area contributed by atoms with Crippen molar-refractivity contribution in [2.45, 2.75) is 125 Å². The zero-order valence-corrected chi connectivity index (χ0v) is 35.7. The van der Waals surface area contributed by atoms with Crippen LogP contribution < -0.4 is 10.7 Å². The highest BCUT2D eigenvalue weighted by molar-refractivity contribution is 6.25. The van der Waals surface area contributed by atoms with Gasteiger partial charge in [0.2, 0.25) is 0 Å². The van der Waals surface area contributed by atoms with Crippen LogP contribution in [0.4, 0.5) is 0 Å². The normalized spacial score (nSPS) is 18.2. The fraction of sp³-hybridized carbons (Fsp3) is 0.408. The summed E-state index contributed by atoms with van der Waals surface area (Å²) in [6.45, 7) is 18.7. The average Bonchev–Trinajstić information content (AvgIpc) is 3.85. The van der Waals surface area contributed by atoms with E-state index in [2.05, 4.69) is 51.4 Å². The molecule has 0 amide bonds. The Morgan fingerprint density at radius 2 is 1.46 bits per heavy atom. The Kier molecular flexibility index (Phi) is 15.0. The minimum atomic E-state index is -0.996. The number of carboxylic acid groups (broad SMARTS) is 2. The number of carbonyl (C=O) groups is 2. The first kappa shape index (κ1) is 44.5. The lowest BCUT2D eigenvalue weighted by Crippen LogP contribution is -2.20. The van der Waals surface area contributed by atoms with E-state index in [9.17, 15) is 30.0 Å². The number of aromatic nitrogens is 1. The second-order valence-corrected chi connectivity index (χ2v) is 16.4. The summed E-state index contributed by atoms with van der Waals surface area (Å²) in [5.74, 6) is -1.42. The Balaban J connectivity index is 1.55. The molecule has 0 fully saturated rings. The first-order chi connectivity index (χ1) is 28.1. The summed E-state index contributed by atoms with van der Waals surface area (Å²) < 4.78 is 0. The summed E-state index contributed by atoms with van der Waals surface area (Å²) in [5.41, 5.74) is 11.7. The monoisotopic (exact) mass is 800 g/mol. The van der Waals surface area contributed by atoms with Crippen molar-refractivity contribution in [3.05, 3.63) is 121 Å². The SMILES string of the molecule is C=Cc1c(C)c2[nH]c1=CC1=NC(=CC3=C(CCC(=O)O)/C(=C\O)C(=N3)C=C3N=C(C=2)C([C@@H](O)CCCC(C)CC/C=C(\C)CCC=C(C)C)=C3C)C(CCC(=O)O)=C1C. The number of allylic oxidation sites excluding steroid dienone is 11. The molecule has 5 heterocycles. The number of aliphatic hydroxyl groups is 2. The zero-order chi connectivity index (χ0) is 43.0. The standard InChI is InChI=1S/C49H60N4O6/c1-9-34-31(6)39-25-45-49(46(55)18-12-17-30(5)16-11-15-29(4)14-10-13-28(2)3)33(8)40(52-45)24-44-37(27-54)36(20-22-48(58)59)43(53-44)26-42-35(19-21-47(56)57)32(7)38(51-42)23-41(34)50-39/h9,13,15,23-27,30,46,50,54-55H,1,10-12,14,16-22H2,2-8H3,(H,56,57)(H,58,59)/b29-15+,37-27+,39-25?,40-24?,41-23?,42-26?/t30?,46-/m0/s1. The summed E-state index contributed by atoms with van der Waals surface area (Å²) in [4.78, 5) is 42.0. The maximum Gasteiger partial charge on any atom is 0.303 e. The van der Waals surface area contributed by atoms with E-state index in [0.29, 0.717) is 57.7 Å². The van der Waals surface area contributed by atoms with Gasteiger partial charge < -0.3 is 25.4 Å². The smallest absolute Gasteiger partial charge is 0.303 e. The number of aliphatic carboxylic acids is 2. The average molecular weight is 801 g/mol. The number of carboxylic acids is 2. The first-order valence-electron chi connectivity index (χ1n) is 20.8. The number of rotatable bonds is 18. The first-order valence-corrected chi connectivity index (χ1v) is 20.8. The molecule has 0 saturated carbocycles. The molecular weight excluding hydrogens is 741 g/mol. The molecule has 0 spiro atoms. The maximum atomic E-state index is 11.9. The molecule has 59 heavy (non-hydrogen) atoms. The fourth-order valence-electron chi connectivity index (χ4n) is 8.09. The van der Waals surface area contributed by atoms with Gasteiger partial charge in [-0.2, -0.15) is 0 Å². The molecule has 1 unspecified atom stereocenters. The van der Waals surface area contributed by atoms with Crippen LogP contribution >= 0.6 is 0 Å². The predicted molar refractivity (Wildman–Crippen MR) is 240 cm³/mol. The van der Waals surface area contributed by atoms with Crippen molar-refractivity contribution in [3.63, 3.8) is 0 Å². The van der Waals surface area contributed by atoms with Gasteiger partial charge in [0.05, 0.1) is 46.6 Å². The molecular formula is C49H60N4O6. The van der Waals surface area contributed by atoms with Crippen LogP contribution in [0, 0.1) is 12.8 Å². The lowest BCUT2D eigenvalue weighted by atomic mass is 9.92. The molecule has 0 saturated heterocycles. The highest BCUT2D eigenvalue weighted by atomic mass is 16.4. The van der Waals surface area contributed by atoms with Gasteiger partial charge in [-0.1, -0.05) is 55.7 Å². The van der Waals surface area contributed by atoms with Crippen molar-refractivity contribution in [3.8, 4) is 0 Å². The van der Waals surface area contributed by atoms with Gasteiger partial charge in [-0.05, 0) is 145 Å². The van der Waals surface area contributed by atoms with Gasteiger partial charge >= 0.3 is 11.9 Å². The molecule has 8 bridgehead atoms. The maximum absolute atomic E-state index is 11.9. The van der Waals surface area contributed by atoms with Gasteiger partial charge in [0.25, 0.3) is 0 Å². The molecule has 5 N–H and O–H groups in total. The summed E-state index contributed by atoms with van der Waals surface area (Å²) >= 11 is 0. The van der Waals surface area contributed by atoms with E-state index in [1.165, 1.54) is 11.1 Å². The predicted octanol–water partition coefficient (Wildman–Crippen LogP) is 9.37. The molecule has 0 aromatic carbocycles. The number of aliphatic hydroxyl groups excluding tert-OH is 2. The number of aromatic amines is 1. The molecule has 4 aliphatic rings. The molecule has 5 rings (SSSR count). The van der Waals surface area contributed by atoms with Crippen LogP contribution in [-0.2, 0) is 9.59 Å². The zero-order valence-electron chi connectivity index (χ0n) is 35.7. The molecule has 0 radical (unpaired) electrons. The quantitative estimate of drug-likeness (QED) is 0.0733. The minimum absolute atomic E-state index is 0.0888. The van der Waals surface area contributed by atoms with Crippen LogP contribution in [0.25, 0.3) is 18.2 Å². The van der Waals surface area contributed by atoms with E-state index in [0.717, 1.165) is 88.9 Å². The number of aliphatic imine (C=N–C) groups is 3. The van der Waals surface area contributed by atoms with Gasteiger partial charge in [-0.25, -0.2) is 15.0 Å². The third-order valence-electron chi connectivity index (χ3n) is 11.6. The number of fused-ring (bicyclic) bond motifs is 5. The van der Waals surface area contributed by atoms with Gasteiger partial charge in [0.1, 0.15) is 0 Å². The van der Waals surface area contributed by atoms with E-state index in [-0.39, 0.29) is 25.7 Å². The van der Waals surface area contributed by atoms with Crippen LogP contribution in [0.1, 0.15) is 123 Å². The van der Waals surface area contributed by atoms with Crippen molar-refractivity contribution >= 4 is 47.3 Å². The number of H-pyrrole nitrogens is 1. The number of hydrogen-bond donors (Lipinski definition) is 5. The third kappa shape index (κ3) is 10.9.